The monoisotopic (exact) mass is 191 g/mol. The summed E-state index contributed by atoms with van der Waals surface area (Å²) < 4.78 is 0. The number of hydrogen-bond donors (Lipinski definition) is 1. The van der Waals surface area contributed by atoms with E-state index in [1.807, 2.05) is 31.2 Å². The average Bonchev–Trinajstić information content (AvgIpc) is 2.14. The summed E-state index contributed by atoms with van der Waals surface area (Å²) in [6.07, 6.45) is 0. The molecule has 0 aliphatic heterocycles. The lowest BCUT2D eigenvalue weighted by molar-refractivity contribution is -0.136. The Morgan fingerprint density at radius 1 is 1.36 bits per heavy atom. The zero-order chi connectivity index (χ0) is 10.6. The Labute approximate surface area is 83.1 Å². The second-order valence-corrected chi connectivity index (χ2v) is 3.23. The van der Waals surface area contributed by atoms with E-state index in [1.165, 1.54) is 6.92 Å². The number of carbonyl (C=O) groups is 2. The third kappa shape index (κ3) is 3.01. The quantitative estimate of drug-likeness (QED) is 0.730. The first-order chi connectivity index (χ1) is 6.59. The number of Topliss-reactive ketones (excluding diaryl/α,β-unsaturated/α-hetero) is 1. The number of ketones is 1. The first kappa shape index (κ1) is 10.4. The molecule has 3 nitrogen and oxygen atoms in total. The van der Waals surface area contributed by atoms with Crippen molar-refractivity contribution < 1.29 is 9.59 Å². The zero-order valence-electron chi connectivity index (χ0n) is 8.33. The number of aryl methyl sites for hydroxylation is 1. The molecule has 0 bridgehead atoms. The molecule has 0 radical (unpaired) electrons. The van der Waals surface area contributed by atoms with Crippen LogP contribution in [-0.4, -0.2) is 11.7 Å². The molecule has 0 aromatic heterocycles. The Morgan fingerprint density at radius 2 is 2.07 bits per heavy atom. The minimum absolute atomic E-state index is 0.403. The summed E-state index contributed by atoms with van der Waals surface area (Å²) in [6.45, 7) is 3.64. The highest BCUT2D eigenvalue weighted by Gasteiger charge is 2.05. The molecule has 0 spiro atoms. The lowest BCUT2D eigenvalue weighted by atomic mass is 10.1. The van der Waals surface area contributed by atoms with Crippen molar-refractivity contribution in [3.63, 3.8) is 0 Å². The fourth-order valence-corrected chi connectivity index (χ4v) is 1.13. The van der Waals surface area contributed by atoms with Gasteiger partial charge in [-0.2, -0.15) is 0 Å². The molecule has 1 N–H and O–H groups in total. The van der Waals surface area contributed by atoms with Gasteiger partial charge in [-0.05, 0) is 12.5 Å². The van der Waals surface area contributed by atoms with Gasteiger partial charge in [-0.1, -0.05) is 29.8 Å². The van der Waals surface area contributed by atoms with Gasteiger partial charge in [-0.3, -0.25) is 9.59 Å². The third-order valence-corrected chi connectivity index (χ3v) is 1.86. The number of carbonyl (C=O) groups excluding carboxylic acids is 2. The average molecular weight is 191 g/mol. The summed E-state index contributed by atoms with van der Waals surface area (Å²) in [5, 5.41) is 2.54. The molecule has 0 unspecified atom stereocenters. The second-order valence-electron chi connectivity index (χ2n) is 3.23. The number of amides is 1. The molecular weight excluding hydrogens is 178 g/mol. The molecular formula is C11H13NO2. The van der Waals surface area contributed by atoms with Crippen LogP contribution in [0.25, 0.3) is 0 Å². The molecule has 0 saturated heterocycles. The van der Waals surface area contributed by atoms with Crippen LogP contribution in [0, 0.1) is 6.92 Å². The van der Waals surface area contributed by atoms with Crippen molar-refractivity contribution in [2.24, 2.45) is 0 Å². The van der Waals surface area contributed by atoms with Crippen LogP contribution in [-0.2, 0) is 16.1 Å². The van der Waals surface area contributed by atoms with Gasteiger partial charge in [0, 0.05) is 13.5 Å². The van der Waals surface area contributed by atoms with E-state index in [-0.39, 0.29) is 0 Å². The van der Waals surface area contributed by atoms with Crippen molar-refractivity contribution in [3.05, 3.63) is 35.4 Å². The maximum absolute atomic E-state index is 10.9. The molecule has 0 fully saturated rings. The van der Waals surface area contributed by atoms with E-state index in [1.54, 1.807) is 0 Å². The van der Waals surface area contributed by atoms with Crippen LogP contribution in [0.3, 0.4) is 0 Å². The van der Waals surface area contributed by atoms with Crippen LogP contribution in [0.15, 0.2) is 24.3 Å². The van der Waals surface area contributed by atoms with E-state index in [2.05, 4.69) is 5.32 Å². The Balaban J connectivity index is 2.54. The molecule has 0 atom stereocenters. The maximum atomic E-state index is 10.9. The van der Waals surface area contributed by atoms with Gasteiger partial charge in [0.25, 0.3) is 5.91 Å². The van der Waals surface area contributed by atoms with Gasteiger partial charge < -0.3 is 5.32 Å². The van der Waals surface area contributed by atoms with Crippen LogP contribution in [0.5, 0.6) is 0 Å². The highest BCUT2D eigenvalue weighted by atomic mass is 16.2. The van der Waals surface area contributed by atoms with Crippen LogP contribution in [0.1, 0.15) is 18.1 Å². The Bertz CT molecular complexity index is 358. The first-order valence-electron chi connectivity index (χ1n) is 4.44. The Hall–Kier alpha value is -1.64. The number of benzene rings is 1. The summed E-state index contributed by atoms with van der Waals surface area (Å²) in [5.74, 6) is -0.996. The normalized spacial score (nSPS) is 9.57. The summed E-state index contributed by atoms with van der Waals surface area (Å²) in [5.41, 5.74) is 2.14. The van der Waals surface area contributed by atoms with Gasteiger partial charge in [-0.15, -0.1) is 0 Å². The van der Waals surface area contributed by atoms with Gasteiger partial charge in [-0.25, -0.2) is 0 Å². The molecule has 14 heavy (non-hydrogen) atoms. The molecule has 1 amide bonds. The molecule has 0 saturated carbocycles. The lowest BCUT2D eigenvalue weighted by Gasteiger charge is -2.03. The molecule has 3 heteroatoms. The molecule has 0 aliphatic carbocycles. The number of rotatable bonds is 3. The standard InChI is InChI=1S/C11H13NO2/c1-8-4-3-5-10(6-8)7-12-11(14)9(2)13/h3-6H,7H2,1-2H3,(H,12,14). The van der Waals surface area contributed by atoms with Crippen molar-refractivity contribution in [3.8, 4) is 0 Å². The summed E-state index contributed by atoms with van der Waals surface area (Å²) in [7, 11) is 0. The zero-order valence-corrected chi connectivity index (χ0v) is 8.33. The SMILES string of the molecule is CC(=O)C(=O)NCc1cccc(C)c1. The van der Waals surface area contributed by atoms with Crippen molar-refractivity contribution in [1.82, 2.24) is 5.32 Å². The maximum Gasteiger partial charge on any atom is 0.287 e. The summed E-state index contributed by atoms with van der Waals surface area (Å²) in [6, 6.07) is 7.79. The van der Waals surface area contributed by atoms with Gasteiger partial charge in [0.2, 0.25) is 5.78 Å². The van der Waals surface area contributed by atoms with Gasteiger partial charge >= 0.3 is 0 Å². The highest BCUT2D eigenvalue weighted by molar-refractivity contribution is 6.35. The van der Waals surface area contributed by atoms with E-state index in [0.29, 0.717) is 6.54 Å². The molecule has 1 aromatic carbocycles. The smallest absolute Gasteiger partial charge is 0.287 e. The van der Waals surface area contributed by atoms with E-state index >= 15 is 0 Å². The fraction of sp³-hybridized carbons (Fsp3) is 0.273. The van der Waals surface area contributed by atoms with Crippen LogP contribution in [0.2, 0.25) is 0 Å². The van der Waals surface area contributed by atoms with Crippen molar-refractivity contribution in [1.29, 1.82) is 0 Å². The van der Waals surface area contributed by atoms with E-state index in [0.717, 1.165) is 11.1 Å². The molecule has 0 heterocycles. The fourth-order valence-electron chi connectivity index (χ4n) is 1.13. The third-order valence-electron chi connectivity index (χ3n) is 1.86. The molecule has 74 valence electrons. The number of nitrogens with one attached hydrogen (secondary N) is 1. The topological polar surface area (TPSA) is 46.2 Å². The van der Waals surface area contributed by atoms with Crippen LogP contribution < -0.4 is 5.32 Å². The summed E-state index contributed by atoms with van der Waals surface area (Å²) in [4.78, 5) is 21.6. The Kier molecular flexibility index (Phi) is 3.40. The van der Waals surface area contributed by atoms with Gasteiger partial charge in [0.05, 0.1) is 0 Å². The van der Waals surface area contributed by atoms with E-state index < -0.39 is 11.7 Å². The van der Waals surface area contributed by atoms with Gasteiger partial charge in [0.1, 0.15) is 0 Å². The van der Waals surface area contributed by atoms with E-state index in [9.17, 15) is 9.59 Å². The molecule has 1 aromatic rings. The predicted octanol–water partition coefficient (Wildman–Crippen LogP) is 1.20. The Morgan fingerprint density at radius 3 is 2.64 bits per heavy atom. The highest BCUT2D eigenvalue weighted by Crippen LogP contribution is 2.02. The predicted molar refractivity (Wildman–Crippen MR) is 53.7 cm³/mol. The first-order valence-corrected chi connectivity index (χ1v) is 4.44. The van der Waals surface area contributed by atoms with Crippen LogP contribution >= 0.6 is 0 Å². The van der Waals surface area contributed by atoms with Crippen molar-refractivity contribution >= 4 is 11.7 Å². The van der Waals surface area contributed by atoms with Gasteiger partial charge in [0.15, 0.2) is 0 Å². The minimum atomic E-state index is -0.536. The van der Waals surface area contributed by atoms with E-state index in [4.69, 9.17) is 0 Å². The largest absolute Gasteiger partial charge is 0.345 e. The second kappa shape index (κ2) is 4.56. The summed E-state index contributed by atoms with van der Waals surface area (Å²) >= 11 is 0. The molecule has 0 aliphatic rings. The number of hydrogen-bond acceptors (Lipinski definition) is 2. The minimum Gasteiger partial charge on any atom is -0.345 e. The van der Waals surface area contributed by atoms with Crippen molar-refractivity contribution in [2.45, 2.75) is 20.4 Å². The molecule has 1 rings (SSSR count). The van der Waals surface area contributed by atoms with Crippen LogP contribution in [0.4, 0.5) is 0 Å². The van der Waals surface area contributed by atoms with Crippen molar-refractivity contribution in [2.75, 3.05) is 0 Å². The lowest BCUT2D eigenvalue weighted by Crippen LogP contribution is -2.28.